The smallest absolute Gasteiger partial charge is 0.331 e. The minimum absolute atomic E-state index is 0.384. The summed E-state index contributed by atoms with van der Waals surface area (Å²) in [6.45, 7) is 5.38. The molecular formula is C21H22BrNO4. The number of carbonyl (C=O) groups excluding carboxylic acids is 2. The Morgan fingerprint density at radius 2 is 1.89 bits per heavy atom. The number of esters is 1. The number of benzene rings is 2. The lowest BCUT2D eigenvalue weighted by Crippen LogP contribution is -2.29. The van der Waals surface area contributed by atoms with Gasteiger partial charge in [0.25, 0.3) is 5.91 Å². The normalized spacial score (nSPS) is 11.9. The third-order valence-corrected chi connectivity index (χ3v) is 4.40. The van der Waals surface area contributed by atoms with Crippen molar-refractivity contribution in [3.63, 3.8) is 0 Å². The molecule has 1 atom stereocenters. The van der Waals surface area contributed by atoms with Gasteiger partial charge in [-0.1, -0.05) is 28.1 Å². The van der Waals surface area contributed by atoms with E-state index in [2.05, 4.69) is 21.2 Å². The zero-order valence-electron chi connectivity index (χ0n) is 15.7. The molecule has 2 aromatic rings. The van der Waals surface area contributed by atoms with Gasteiger partial charge in [-0.2, -0.15) is 0 Å². The first-order valence-corrected chi connectivity index (χ1v) is 9.20. The first-order valence-electron chi connectivity index (χ1n) is 8.40. The van der Waals surface area contributed by atoms with Crippen LogP contribution in [0.15, 0.2) is 46.9 Å². The van der Waals surface area contributed by atoms with Crippen LogP contribution < -0.4 is 10.1 Å². The molecule has 142 valence electrons. The molecule has 0 aliphatic carbocycles. The maximum Gasteiger partial charge on any atom is 0.331 e. The fourth-order valence-corrected chi connectivity index (χ4v) is 2.74. The van der Waals surface area contributed by atoms with Crippen molar-refractivity contribution in [2.45, 2.75) is 26.9 Å². The zero-order chi connectivity index (χ0) is 20.0. The average molecular weight is 432 g/mol. The van der Waals surface area contributed by atoms with Crippen molar-refractivity contribution in [1.82, 2.24) is 0 Å². The maximum atomic E-state index is 12.3. The Hall–Kier alpha value is -2.60. The predicted molar refractivity (Wildman–Crippen MR) is 110 cm³/mol. The van der Waals surface area contributed by atoms with E-state index in [1.54, 1.807) is 19.3 Å². The van der Waals surface area contributed by atoms with Crippen LogP contribution in [0.1, 0.15) is 23.6 Å². The van der Waals surface area contributed by atoms with Crippen molar-refractivity contribution >= 4 is 39.6 Å². The number of carbonyl (C=O) groups is 2. The van der Waals surface area contributed by atoms with Crippen molar-refractivity contribution in [3.8, 4) is 5.75 Å². The van der Waals surface area contributed by atoms with Crippen LogP contribution in [0.3, 0.4) is 0 Å². The lowest BCUT2D eigenvalue weighted by atomic mass is 10.1. The van der Waals surface area contributed by atoms with Gasteiger partial charge in [-0.25, -0.2) is 4.79 Å². The molecule has 0 aromatic heterocycles. The van der Waals surface area contributed by atoms with E-state index in [0.29, 0.717) is 11.4 Å². The van der Waals surface area contributed by atoms with Gasteiger partial charge in [0.15, 0.2) is 6.10 Å². The number of nitrogens with one attached hydrogen (secondary N) is 1. The second-order valence-corrected chi connectivity index (χ2v) is 7.02. The highest BCUT2D eigenvalue weighted by Crippen LogP contribution is 2.24. The number of halogens is 1. The molecule has 0 saturated carbocycles. The lowest BCUT2D eigenvalue weighted by Gasteiger charge is -2.14. The molecule has 6 heteroatoms. The number of aryl methyl sites for hydroxylation is 2. The molecule has 27 heavy (non-hydrogen) atoms. The number of hydrogen-bond donors (Lipinski definition) is 1. The molecule has 5 nitrogen and oxygen atoms in total. The number of ether oxygens (including phenoxy) is 2. The van der Waals surface area contributed by atoms with Gasteiger partial charge >= 0.3 is 5.97 Å². The van der Waals surface area contributed by atoms with E-state index in [1.165, 1.54) is 13.0 Å². The summed E-state index contributed by atoms with van der Waals surface area (Å²) in [4.78, 5) is 24.3. The molecule has 0 aliphatic heterocycles. The van der Waals surface area contributed by atoms with Crippen LogP contribution >= 0.6 is 15.9 Å². The minimum atomic E-state index is -0.925. The van der Waals surface area contributed by atoms with E-state index in [9.17, 15) is 9.59 Å². The van der Waals surface area contributed by atoms with E-state index in [-0.39, 0.29) is 5.91 Å². The highest BCUT2D eigenvalue weighted by Gasteiger charge is 2.17. The van der Waals surface area contributed by atoms with Crippen LogP contribution in [-0.2, 0) is 14.3 Å². The highest BCUT2D eigenvalue weighted by molar-refractivity contribution is 9.10. The second kappa shape index (κ2) is 9.37. The summed E-state index contributed by atoms with van der Waals surface area (Å²) in [6, 6.07) is 11.2. The predicted octanol–water partition coefficient (Wildman–Crippen LogP) is 4.66. The van der Waals surface area contributed by atoms with Crippen molar-refractivity contribution in [2.24, 2.45) is 0 Å². The molecule has 2 aromatic carbocycles. The summed E-state index contributed by atoms with van der Waals surface area (Å²) in [5.41, 5.74) is 3.40. The Bertz CT molecular complexity index is 876. The van der Waals surface area contributed by atoms with E-state index in [0.717, 1.165) is 21.2 Å². The number of hydrogen-bond acceptors (Lipinski definition) is 4. The lowest BCUT2D eigenvalue weighted by molar-refractivity contribution is -0.148. The van der Waals surface area contributed by atoms with Crippen molar-refractivity contribution in [2.75, 3.05) is 12.4 Å². The van der Waals surface area contributed by atoms with Crippen LogP contribution in [0.2, 0.25) is 0 Å². The molecule has 1 N–H and O–H groups in total. The fraction of sp³-hybridized carbons (Fsp3) is 0.238. The van der Waals surface area contributed by atoms with Crippen LogP contribution in [0.4, 0.5) is 5.69 Å². The molecule has 1 unspecified atom stereocenters. The van der Waals surface area contributed by atoms with Gasteiger partial charge < -0.3 is 14.8 Å². The summed E-state index contributed by atoms with van der Waals surface area (Å²) in [6.07, 6.45) is 1.93. The van der Waals surface area contributed by atoms with Gasteiger partial charge in [0.2, 0.25) is 0 Å². The van der Waals surface area contributed by atoms with Crippen LogP contribution in [0.5, 0.6) is 5.75 Å². The van der Waals surface area contributed by atoms with Crippen molar-refractivity contribution in [1.29, 1.82) is 0 Å². The molecule has 0 aliphatic rings. The van der Waals surface area contributed by atoms with Gasteiger partial charge in [-0.05, 0) is 62.2 Å². The Balaban J connectivity index is 1.99. The van der Waals surface area contributed by atoms with Gasteiger partial charge in [0.1, 0.15) is 5.75 Å². The fourth-order valence-electron chi connectivity index (χ4n) is 2.37. The van der Waals surface area contributed by atoms with Gasteiger partial charge in [-0.15, -0.1) is 0 Å². The molecule has 0 bridgehead atoms. The van der Waals surface area contributed by atoms with Crippen LogP contribution in [-0.4, -0.2) is 25.1 Å². The van der Waals surface area contributed by atoms with Gasteiger partial charge in [0.05, 0.1) is 7.11 Å². The topological polar surface area (TPSA) is 64.6 Å². The molecule has 1 amide bonds. The Labute approximate surface area is 167 Å². The second-order valence-electron chi connectivity index (χ2n) is 6.11. The largest absolute Gasteiger partial charge is 0.496 e. The van der Waals surface area contributed by atoms with Crippen molar-refractivity contribution in [3.05, 3.63) is 63.6 Å². The quantitative estimate of drug-likeness (QED) is 0.533. The SMILES string of the molecule is COc1ccc(Br)cc1/C=C/C(=O)OC(C)C(=O)Nc1cc(C)ccc1C. The number of methoxy groups -OCH3 is 1. The highest BCUT2D eigenvalue weighted by atomic mass is 79.9. The van der Waals surface area contributed by atoms with Gasteiger partial charge in [0, 0.05) is 21.8 Å². The number of anilines is 1. The molecule has 0 spiro atoms. The van der Waals surface area contributed by atoms with E-state index in [4.69, 9.17) is 9.47 Å². The third kappa shape index (κ3) is 5.96. The summed E-state index contributed by atoms with van der Waals surface area (Å²) < 4.78 is 11.3. The van der Waals surface area contributed by atoms with Crippen LogP contribution in [0.25, 0.3) is 6.08 Å². The standard InChI is InChI=1S/C21H22BrNO4/c1-13-5-6-14(2)18(11-13)23-21(25)15(3)27-20(24)10-7-16-12-17(22)8-9-19(16)26-4/h5-12,15H,1-4H3,(H,23,25)/b10-7+. The molecule has 0 saturated heterocycles. The molecule has 2 rings (SSSR count). The summed E-state index contributed by atoms with van der Waals surface area (Å²) in [7, 11) is 1.55. The Kier molecular flexibility index (Phi) is 7.19. The van der Waals surface area contributed by atoms with Gasteiger partial charge in [-0.3, -0.25) is 4.79 Å². The summed E-state index contributed by atoms with van der Waals surface area (Å²) in [5, 5.41) is 2.79. The minimum Gasteiger partial charge on any atom is -0.496 e. The van der Waals surface area contributed by atoms with Crippen molar-refractivity contribution < 1.29 is 19.1 Å². The number of amides is 1. The van der Waals surface area contributed by atoms with E-state index in [1.807, 2.05) is 44.2 Å². The molecule has 0 fully saturated rings. The Morgan fingerprint density at radius 3 is 2.59 bits per heavy atom. The molecular weight excluding hydrogens is 410 g/mol. The molecule has 0 radical (unpaired) electrons. The monoisotopic (exact) mass is 431 g/mol. The summed E-state index contributed by atoms with van der Waals surface area (Å²) >= 11 is 3.38. The Morgan fingerprint density at radius 1 is 1.15 bits per heavy atom. The maximum absolute atomic E-state index is 12.3. The molecule has 0 heterocycles. The number of rotatable bonds is 6. The summed E-state index contributed by atoms with van der Waals surface area (Å²) in [5.74, 6) is -0.367. The van der Waals surface area contributed by atoms with Crippen LogP contribution in [0, 0.1) is 13.8 Å². The van der Waals surface area contributed by atoms with E-state index < -0.39 is 12.1 Å². The zero-order valence-corrected chi connectivity index (χ0v) is 17.3. The van der Waals surface area contributed by atoms with E-state index >= 15 is 0 Å². The average Bonchev–Trinajstić information content (AvgIpc) is 2.63. The first kappa shape index (κ1) is 20.7. The first-order chi connectivity index (χ1) is 12.8. The third-order valence-electron chi connectivity index (χ3n) is 3.90.